The summed E-state index contributed by atoms with van der Waals surface area (Å²) in [5.74, 6) is 0.198. The van der Waals surface area contributed by atoms with Gasteiger partial charge >= 0.3 is 0 Å². The smallest absolute Gasteiger partial charge is 0.244 e. The molecule has 4 heteroatoms. The van der Waals surface area contributed by atoms with Crippen LogP contribution in [0, 0.1) is 0 Å². The number of rotatable bonds is 4. The number of para-hydroxylation sites is 1. The summed E-state index contributed by atoms with van der Waals surface area (Å²) in [5, 5.41) is 0. The predicted molar refractivity (Wildman–Crippen MR) is 73.5 cm³/mol. The highest BCUT2D eigenvalue weighted by molar-refractivity contribution is 5.97. The normalized spacial score (nSPS) is 20.5. The van der Waals surface area contributed by atoms with Gasteiger partial charge in [-0.1, -0.05) is 18.2 Å². The summed E-state index contributed by atoms with van der Waals surface area (Å²) in [5.41, 5.74) is 6.55. The lowest BCUT2D eigenvalue weighted by Gasteiger charge is -2.36. The van der Waals surface area contributed by atoms with Crippen LogP contribution in [0.3, 0.4) is 0 Å². The zero-order chi connectivity index (χ0) is 13.0. The van der Waals surface area contributed by atoms with Crippen molar-refractivity contribution in [2.24, 2.45) is 5.73 Å². The largest absolute Gasteiger partial charge is 0.329 e. The van der Waals surface area contributed by atoms with Gasteiger partial charge in [0.2, 0.25) is 5.91 Å². The van der Waals surface area contributed by atoms with Crippen LogP contribution in [0.5, 0.6) is 0 Å². The van der Waals surface area contributed by atoms with Gasteiger partial charge in [0, 0.05) is 25.3 Å². The molecule has 0 aliphatic carbocycles. The predicted octanol–water partition coefficient (Wildman–Crippen LogP) is 1.07. The number of anilines is 1. The molecule has 0 spiro atoms. The average Bonchev–Trinajstić information content (AvgIpc) is 2.40. The molecule has 2 rings (SSSR count). The number of carbonyl (C=O) groups excluding carboxylic acids is 1. The fraction of sp³-hybridized carbons (Fsp3) is 0.500. The average molecular weight is 247 g/mol. The summed E-state index contributed by atoms with van der Waals surface area (Å²) in [6.45, 7) is 2.17. The summed E-state index contributed by atoms with van der Waals surface area (Å²) in [6, 6.07) is 9.86. The molecule has 1 unspecified atom stereocenters. The van der Waals surface area contributed by atoms with Gasteiger partial charge in [-0.3, -0.25) is 9.69 Å². The molecule has 1 fully saturated rings. The Morgan fingerprint density at radius 2 is 2.11 bits per heavy atom. The number of hydrogen-bond donors (Lipinski definition) is 1. The molecular formula is C14H21N3O. The van der Waals surface area contributed by atoms with E-state index in [4.69, 9.17) is 5.73 Å². The van der Waals surface area contributed by atoms with Crippen molar-refractivity contribution < 1.29 is 4.79 Å². The minimum Gasteiger partial charge on any atom is -0.329 e. The number of carbonyl (C=O) groups is 1. The molecule has 18 heavy (non-hydrogen) atoms. The minimum atomic E-state index is -0.0255. The van der Waals surface area contributed by atoms with E-state index in [-0.39, 0.29) is 11.9 Å². The van der Waals surface area contributed by atoms with Crippen molar-refractivity contribution in [1.82, 2.24) is 4.90 Å². The molecule has 1 heterocycles. The third-order valence-electron chi connectivity index (χ3n) is 3.49. The molecule has 0 aromatic heterocycles. The van der Waals surface area contributed by atoms with Gasteiger partial charge in [0.25, 0.3) is 0 Å². The van der Waals surface area contributed by atoms with E-state index >= 15 is 0 Å². The number of hydrogen-bond acceptors (Lipinski definition) is 3. The standard InChI is InChI=1S/C14H21N3O/c1-16(11-9-15)13-8-5-10-17(14(13)18)12-6-3-2-4-7-12/h2-4,6-7,13H,5,8-11,15H2,1H3. The zero-order valence-corrected chi connectivity index (χ0v) is 10.9. The maximum atomic E-state index is 12.5. The van der Waals surface area contributed by atoms with E-state index in [9.17, 15) is 4.79 Å². The van der Waals surface area contributed by atoms with Gasteiger partial charge in [-0.05, 0) is 32.0 Å². The molecule has 2 N–H and O–H groups in total. The van der Waals surface area contributed by atoms with Crippen LogP contribution >= 0.6 is 0 Å². The van der Waals surface area contributed by atoms with E-state index in [1.807, 2.05) is 42.3 Å². The molecule has 1 aromatic carbocycles. The fourth-order valence-corrected chi connectivity index (χ4v) is 2.49. The third kappa shape index (κ3) is 2.71. The lowest BCUT2D eigenvalue weighted by molar-refractivity contribution is -0.124. The molecule has 0 radical (unpaired) electrons. The van der Waals surface area contributed by atoms with Crippen LogP contribution in [0.1, 0.15) is 12.8 Å². The maximum absolute atomic E-state index is 12.5. The molecule has 1 aromatic rings. The number of nitrogens with zero attached hydrogens (tertiary/aromatic N) is 2. The molecule has 0 bridgehead atoms. The number of amides is 1. The topological polar surface area (TPSA) is 49.6 Å². The Balaban J connectivity index is 2.12. The number of piperidine rings is 1. The van der Waals surface area contributed by atoms with E-state index < -0.39 is 0 Å². The first-order valence-electron chi connectivity index (χ1n) is 6.51. The second-order valence-corrected chi connectivity index (χ2v) is 4.75. The van der Waals surface area contributed by atoms with Crippen molar-refractivity contribution in [1.29, 1.82) is 0 Å². The van der Waals surface area contributed by atoms with Crippen molar-refractivity contribution in [2.45, 2.75) is 18.9 Å². The van der Waals surface area contributed by atoms with Crippen LogP contribution in [0.4, 0.5) is 5.69 Å². The summed E-state index contributed by atoms with van der Waals surface area (Å²) in [4.78, 5) is 16.4. The zero-order valence-electron chi connectivity index (χ0n) is 10.9. The summed E-state index contributed by atoms with van der Waals surface area (Å²) in [6.07, 6.45) is 1.97. The van der Waals surface area contributed by atoms with Gasteiger partial charge < -0.3 is 10.6 Å². The highest BCUT2D eigenvalue weighted by Crippen LogP contribution is 2.22. The molecule has 0 saturated carbocycles. The highest BCUT2D eigenvalue weighted by Gasteiger charge is 2.31. The van der Waals surface area contributed by atoms with E-state index in [0.29, 0.717) is 6.54 Å². The molecule has 1 saturated heterocycles. The van der Waals surface area contributed by atoms with Gasteiger partial charge in [-0.15, -0.1) is 0 Å². The Morgan fingerprint density at radius 1 is 1.39 bits per heavy atom. The third-order valence-corrected chi connectivity index (χ3v) is 3.49. The van der Waals surface area contributed by atoms with Crippen LogP contribution in [-0.4, -0.2) is 43.5 Å². The number of nitrogens with two attached hydrogens (primary N) is 1. The van der Waals surface area contributed by atoms with Gasteiger partial charge in [0.1, 0.15) is 0 Å². The number of likely N-dealkylation sites (N-methyl/N-ethyl adjacent to an activating group) is 1. The second kappa shape index (κ2) is 5.98. The van der Waals surface area contributed by atoms with E-state index in [1.54, 1.807) is 0 Å². The molecule has 4 nitrogen and oxygen atoms in total. The first kappa shape index (κ1) is 13.1. The van der Waals surface area contributed by atoms with Gasteiger partial charge in [0.05, 0.1) is 6.04 Å². The van der Waals surface area contributed by atoms with Crippen molar-refractivity contribution in [3.8, 4) is 0 Å². The van der Waals surface area contributed by atoms with Crippen molar-refractivity contribution in [3.05, 3.63) is 30.3 Å². The quantitative estimate of drug-likeness (QED) is 0.866. The van der Waals surface area contributed by atoms with Crippen LogP contribution in [0.25, 0.3) is 0 Å². The first-order valence-corrected chi connectivity index (χ1v) is 6.51. The summed E-state index contributed by atoms with van der Waals surface area (Å²) in [7, 11) is 1.98. The summed E-state index contributed by atoms with van der Waals surface area (Å²) < 4.78 is 0. The van der Waals surface area contributed by atoms with Crippen molar-refractivity contribution in [2.75, 3.05) is 31.6 Å². The van der Waals surface area contributed by atoms with Gasteiger partial charge in [0.15, 0.2) is 0 Å². The Labute approximate surface area is 108 Å². The Kier molecular flexibility index (Phi) is 4.33. The lowest BCUT2D eigenvalue weighted by Crippen LogP contribution is -2.52. The Morgan fingerprint density at radius 3 is 2.78 bits per heavy atom. The van der Waals surface area contributed by atoms with Gasteiger partial charge in [-0.25, -0.2) is 0 Å². The van der Waals surface area contributed by atoms with Crippen LogP contribution in [0.15, 0.2) is 30.3 Å². The second-order valence-electron chi connectivity index (χ2n) is 4.75. The summed E-state index contributed by atoms with van der Waals surface area (Å²) >= 11 is 0. The molecule has 1 aliphatic rings. The van der Waals surface area contributed by atoms with E-state index in [1.165, 1.54) is 0 Å². The van der Waals surface area contributed by atoms with Crippen LogP contribution < -0.4 is 10.6 Å². The van der Waals surface area contributed by atoms with Crippen LogP contribution in [-0.2, 0) is 4.79 Å². The Bertz CT molecular complexity index is 393. The number of benzene rings is 1. The molecule has 1 amide bonds. The molecular weight excluding hydrogens is 226 g/mol. The first-order chi connectivity index (χ1) is 8.74. The maximum Gasteiger partial charge on any atom is 0.244 e. The fourth-order valence-electron chi connectivity index (χ4n) is 2.49. The monoisotopic (exact) mass is 247 g/mol. The molecule has 98 valence electrons. The van der Waals surface area contributed by atoms with Gasteiger partial charge in [-0.2, -0.15) is 0 Å². The SMILES string of the molecule is CN(CCN)C1CCCN(c2ccccc2)C1=O. The molecule has 1 atom stereocenters. The highest BCUT2D eigenvalue weighted by atomic mass is 16.2. The lowest BCUT2D eigenvalue weighted by atomic mass is 10.0. The van der Waals surface area contributed by atoms with E-state index in [0.717, 1.165) is 31.6 Å². The van der Waals surface area contributed by atoms with Crippen molar-refractivity contribution >= 4 is 11.6 Å². The van der Waals surface area contributed by atoms with Crippen LogP contribution in [0.2, 0.25) is 0 Å². The van der Waals surface area contributed by atoms with Crippen molar-refractivity contribution in [3.63, 3.8) is 0 Å². The minimum absolute atomic E-state index is 0.0255. The van der Waals surface area contributed by atoms with E-state index in [2.05, 4.69) is 4.90 Å². The Hall–Kier alpha value is -1.39. The molecule has 1 aliphatic heterocycles.